The van der Waals surface area contributed by atoms with Crippen molar-refractivity contribution in [2.45, 2.75) is 46.3 Å². The molecule has 2 rings (SSSR count). The average molecular weight is 300 g/mol. The third-order valence-electron chi connectivity index (χ3n) is 3.70. The molecular formula is C18H24N2O2. The molecule has 0 aliphatic heterocycles. The average Bonchev–Trinajstić information content (AvgIpc) is 2.49. The first-order valence-corrected chi connectivity index (χ1v) is 7.72. The number of hydrogen-bond acceptors (Lipinski definition) is 3. The maximum absolute atomic E-state index is 12.4. The zero-order chi connectivity index (χ0) is 16.3. The number of ether oxygens (including phenoxy) is 1. The van der Waals surface area contributed by atoms with E-state index >= 15 is 0 Å². The summed E-state index contributed by atoms with van der Waals surface area (Å²) in [4.78, 5) is 12.4. The molecule has 0 radical (unpaired) electrons. The molecule has 2 aromatic rings. The molecule has 22 heavy (non-hydrogen) atoms. The number of rotatable bonds is 5. The second kappa shape index (κ2) is 6.69. The highest BCUT2D eigenvalue weighted by atomic mass is 16.5. The fourth-order valence-corrected chi connectivity index (χ4v) is 2.40. The fraction of sp³-hybridized carbons (Fsp3) is 0.389. The highest BCUT2D eigenvalue weighted by Gasteiger charge is 2.13. The molecule has 4 heteroatoms. The van der Waals surface area contributed by atoms with Gasteiger partial charge in [0.15, 0.2) is 0 Å². The van der Waals surface area contributed by atoms with Crippen molar-refractivity contribution >= 4 is 5.69 Å². The van der Waals surface area contributed by atoms with E-state index in [0.717, 1.165) is 23.4 Å². The molecule has 0 aliphatic carbocycles. The van der Waals surface area contributed by atoms with E-state index in [-0.39, 0.29) is 23.4 Å². The van der Waals surface area contributed by atoms with Gasteiger partial charge in [-0.3, -0.25) is 4.79 Å². The van der Waals surface area contributed by atoms with Crippen molar-refractivity contribution in [1.82, 2.24) is 4.57 Å². The standard InChI is InChI=1S/C18H24N2O2/c1-5-13(4)20-17(11-10-16(19)18(20)21)14-6-8-15(9-7-14)22-12(2)3/h6-13H,5,19H2,1-4H3. The van der Waals surface area contributed by atoms with Gasteiger partial charge >= 0.3 is 0 Å². The van der Waals surface area contributed by atoms with E-state index in [2.05, 4.69) is 6.92 Å². The number of nitrogen functional groups attached to an aromatic ring is 1. The summed E-state index contributed by atoms with van der Waals surface area (Å²) in [5.74, 6) is 0.826. The van der Waals surface area contributed by atoms with Gasteiger partial charge in [0.2, 0.25) is 0 Å². The highest BCUT2D eigenvalue weighted by Crippen LogP contribution is 2.25. The fourth-order valence-electron chi connectivity index (χ4n) is 2.40. The lowest BCUT2D eigenvalue weighted by Crippen LogP contribution is -2.26. The van der Waals surface area contributed by atoms with Gasteiger partial charge in [0.1, 0.15) is 5.75 Å². The van der Waals surface area contributed by atoms with E-state index in [0.29, 0.717) is 0 Å². The number of anilines is 1. The van der Waals surface area contributed by atoms with Crippen LogP contribution in [0.4, 0.5) is 5.69 Å². The van der Waals surface area contributed by atoms with Gasteiger partial charge in [-0.05, 0) is 69.2 Å². The molecule has 1 heterocycles. The van der Waals surface area contributed by atoms with Crippen LogP contribution in [0, 0.1) is 0 Å². The summed E-state index contributed by atoms with van der Waals surface area (Å²) in [6.45, 7) is 8.08. The Kier molecular flexibility index (Phi) is 4.91. The number of hydrogen-bond donors (Lipinski definition) is 1. The summed E-state index contributed by atoms with van der Waals surface area (Å²) in [5, 5.41) is 0. The quantitative estimate of drug-likeness (QED) is 0.912. The van der Waals surface area contributed by atoms with Crippen LogP contribution in [0.3, 0.4) is 0 Å². The Morgan fingerprint density at radius 3 is 2.27 bits per heavy atom. The SMILES string of the molecule is CCC(C)n1c(-c2ccc(OC(C)C)cc2)ccc(N)c1=O. The summed E-state index contributed by atoms with van der Waals surface area (Å²) in [5.41, 5.74) is 7.80. The summed E-state index contributed by atoms with van der Waals surface area (Å²) < 4.78 is 7.43. The molecule has 2 N–H and O–H groups in total. The van der Waals surface area contributed by atoms with Crippen LogP contribution >= 0.6 is 0 Å². The van der Waals surface area contributed by atoms with Crippen LogP contribution in [0.15, 0.2) is 41.2 Å². The van der Waals surface area contributed by atoms with Crippen molar-refractivity contribution in [3.63, 3.8) is 0 Å². The Morgan fingerprint density at radius 1 is 1.09 bits per heavy atom. The minimum Gasteiger partial charge on any atom is -0.491 e. The van der Waals surface area contributed by atoms with Crippen molar-refractivity contribution in [2.24, 2.45) is 0 Å². The monoisotopic (exact) mass is 300 g/mol. The van der Waals surface area contributed by atoms with Gasteiger partial charge in [-0.15, -0.1) is 0 Å². The van der Waals surface area contributed by atoms with Gasteiger partial charge in [-0.25, -0.2) is 0 Å². The van der Waals surface area contributed by atoms with Crippen LogP contribution in [-0.2, 0) is 0 Å². The lowest BCUT2D eigenvalue weighted by Gasteiger charge is -2.19. The Morgan fingerprint density at radius 2 is 1.73 bits per heavy atom. The molecule has 0 fully saturated rings. The first-order chi connectivity index (χ1) is 10.4. The molecule has 0 amide bonds. The Labute approximate surface area is 131 Å². The van der Waals surface area contributed by atoms with Crippen molar-refractivity contribution < 1.29 is 4.74 Å². The van der Waals surface area contributed by atoms with Crippen molar-refractivity contribution in [2.75, 3.05) is 5.73 Å². The van der Waals surface area contributed by atoms with Crippen LogP contribution in [-0.4, -0.2) is 10.7 Å². The van der Waals surface area contributed by atoms with Gasteiger partial charge in [-0.2, -0.15) is 0 Å². The van der Waals surface area contributed by atoms with Gasteiger partial charge in [0.05, 0.1) is 17.5 Å². The maximum atomic E-state index is 12.4. The second-order valence-electron chi connectivity index (χ2n) is 5.80. The molecule has 0 aliphatic rings. The third-order valence-corrected chi connectivity index (χ3v) is 3.70. The van der Waals surface area contributed by atoms with Crippen LogP contribution in [0.2, 0.25) is 0 Å². The van der Waals surface area contributed by atoms with Crippen molar-refractivity contribution in [3.8, 4) is 17.0 Å². The largest absolute Gasteiger partial charge is 0.491 e. The highest BCUT2D eigenvalue weighted by molar-refractivity contribution is 5.62. The predicted molar refractivity (Wildman–Crippen MR) is 91.3 cm³/mol. The number of benzene rings is 1. The Bertz CT molecular complexity index is 687. The summed E-state index contributed by atoms with van der Waals surface area (Å²) >= 11 is 0. The molecule has 0 saturated heterocycles. The molecule has 0 spiro atoms. The third kappa shape index (κ3) is 3.32. The molecular weight excluding hydrogens is 276 g/mol. The molecule has 1 aromatic carbocycles. The number of nitrogens with zero attached hydrogens (tertiary/aromatic N) is 1. The molecule has 0 saturated carbocycles. The van der Waals surface area contributed by atoms with Crippen molar-refractivity contribution in [3.05, 3.63) is 46.8 Å². The van der Waals surface area contributed by atoms with Gasteiger partial charge in [-0.1, -0.05) is 6.92 Å². The zero-order valence-electron chi connectivity index (χ0n) is 13.7. The lowest BCUT2D eigenvalue weighted by molar-refractivity contribution is 0.242. The Balaban J connectivity index is 2.48. The van der Waals surface area contributed by atoms with E-state index in [1.165, 1.54) is 0 Å². The first-order valence-electron chi connectivity index (χ1n) is 7.72. The summed E-state index contributed by atoms with van der Waals surface area (Å²) in [6, 6.07) is 11.5. The summed E-state index contributed by atoms with van der Waals surface area (Å²) in [6.07, 6.45) is 1.01. The molecule has 0 bridgehead atoms. The predicted octanol–water partition coefficient (Wildman–Crippen LogP) is 3.86. The topological polar surface area (TPSA) is 57.2 Å². The van der Waals surface area contributed by atoms with E-state index in [1.807, 2.05) is 51.1 Å². The van der Waals surface area contributed by atoms with Crippen LogP contribution in [0.5, 0.6) is 5.75 Å². The minimum absolute atomic E-state index is 0.0950. The van der Waals surface area contributed by atoms with Crippen LogP contribution in [0.1, 0.15) is 40.2 Å². The molecule has 1 atom stereocenters. The summed E-state index contributed by atoms with van der Waals surface area (Å²) in [7, 11) is 0. The molecule has 1 aromatic heterocycles. The molecule has 1 unspecified atom stereocenters. The number of aromatic nitrogens is 1. The minimum atomic E-state index is -0.130. The zero-order valence-corrected chi connectivity index (χ0v) is 13.7. The Hall–Kier alpha value is -2.23. The smallest absolute Gasteiger partial charge is 0.274 e. The van der Waals surface area contributed by atoms with Gasteiger partial charge in [0.25, 0.3) is 5.56 Å². The van der Waals surface area contributed by atoms with Gasteiger partial charge in [0, 0.05) is 6.04 Å². The van der Waals surface area contributed by atoms with E-state index in [1.54, 1.807) is 10.6 Å². The van der Waals surface area contributed by atoms with Crippen molar-refractivity contribution in [1.29, 1.82) is 0 Å². The number of pyridine rings is 1. The second-order valence-corrected chi connectivity index (χ2v) is 5.80. The normalized spacial score (nSPS) is 12.4. The van der Waals surface area contributed by atoms with E-state index in [4.69, 9.17) is 10.5 Å². The maximum Gasteiger partial charge on any atom is 0.274 e. The number of nitrogens with two attached hydrogens (primary N) is 1. The molecule has 118 valence electrons. The van der Waals surface area contributed by atoms with E-state index < -0.39 is 0 Å². The van der Waals surface area contributed by atoms with Gasteiger partial charge < -0.3 is 15.0 Å². The van der Waals surface area contributed by atoms with E-state index in [9.17, 15) is 4.79 Å². The first kappa shape index (κ1) is 16.1. The van der Waals surface area contributed by atoms with Crippen LogP contribution < -0.4 is 16.0 Å². The molecule has 4 nitrogen and oxygen atoms in total. The van der Waals surface area contributed by atoms with Crippen LogP contribution in [0.25, 0.3) is 11.3 Å². The lowest BCUT2D eigenvalue weighted by atomic mass is 10.1.